The van der Waals surface area contributed by atoms with Crippen molar-refractivity contribution in [3.05, 3.63) is 40.2 Å². The van der Waals surface area contributed by atoms with Gasteiger partial charge in [0.25, 0.3) is 5.91 Å². The molecule has 0 unspecified atom stereocenters. The predicted molar refractivity (Wildman–Crippen MR) is 78.1 cm³/mol. The third kappa shape index (κ3) is 3.51. The number of hydrogen-bond donors (Lipinski definition) is 3. The number of benzene rings is 1. The highest BCUT2D eigenvalue weighted by Crippen LogP contribution is 2.34. The first-order valence-corrected chi connectivity index (χ1v) is 6.31. The first-order valence-electron chi connectivity index (χ1n) is 5.93. The zero-order valence-corrected chi connectivity index (χ0v) is 12.1. The summed E-state index contributed by atoms with van der Waals surface area (Å²) in [5.41, 5.74) is 3.92. The number of aromatic amines is 1. The maximum absolute atomic E-state index is 11.7. The Hall–Kier alpha value is -2.54. The third-order valence-corrected chi connectivity index (χ3v) is 2.88. The van der Waals surface area contributed by atoms with Gasteiger partial charge in [-0.25, -0.2) is 5.43 Å². The van der Waals surface area contributed by atoms with E-state index >= 15 is 0 Å². The molecule has 0 saturated heterocycles. The van der Waals surface area contributed by atoms with E-state index in [-0.39, 0.29) is 22.2 Å². The smallest absolute Gasteiger partial charge is 0.291 e. The Labute approximate surface area is 125 Å². The highest BCUT2D eigenvalue weighted by Gasteiger charge is 2.09. The minimum atomic E-state index is -0.438. The number of rotatable bonds is 4. The molecule has 0 atom stereocenters. The molecule has 1 aromatic carbocycles. The fourth-order valence-corrected chi connectivity index (χ4v) is 1.80. The van der Waals surface area contributed by atoms with E-state index in [1.54, 1.807) is 13.0 Å². The topological polar surface area (TPSA) is 99.6 Å². The number of carbonyl (C=O) groups excluding carboxylic acids is 1. The van der Waals surface area contributed by atoms with Crippen LogP contribution in [0.3, 0.4) is 0 Å². The minimum absolute atomic E-state index is 0.130. The number of aromatic hydroxyl groups is 1. The van der Waals surface area contributed by atoms with Crippen molar-refractivity contribution < 1.29 is 14.6 Å². The third-order valence-electron chi connectivity index (χ3n) is 2.59. The number of phenolic OH excluding ortho intramolecular Hbond substituents is 1. The Kier molecular flexibility index (Phi) is 4.44. The quantitative estimate of drug-likeness (QED) is 0.593. The number of hydrazone groups is 1. The predicted octanol–water partition coefficient (Wildman–Crippen LogP) is 1.85. The van der Waals surface area contributed by atoms with Crippen LogP contribution in [0.25, 0.3) is 0 Å². The molecule has 21 heavy (non-hydrogen) atoms. The minimum Gasteiger partial charge on any atom is -0.503 e. The van der Waals surface area contributed by atoms with Gasteiger partial charge in [0.15, 0.2) is 17.2 Å². The molecule has 0 aliphatic heterocycles. The normalized spacial score (nSPS) is 10.8. The first-order chi connectivity index (χ1) is 10.0. The van der Waals surface area contributed by atoms with Crippen LogP contribution in [0.15, 0.2) is 23.3 Å². The molecule has 3 N–H and O–H groups in total. The molecule has 110 valence electrons. The number of nitrogens with one attached hydrogen (secondary N) is 2. The number of phenols is 1. The molecule has 1 heterocycles. The molecule has 1 amide bonds. The van der Waals surface area contributed by atoms with E-state index in [9.17, 15) is 9.90 Å². The van der Waals surface area contributed by atoms with Crippen molar-refractivity contribution in [3.8, 4) is 11.5 Å². The van der Waals surface area contributed by atoms with Crippen LogP contribution in [0.4, 0.5) is 0 Å². The van der Waals surface area contributed by atoms with Crippen molar-refractivity contribution in [1.82, 2.24) is 15.6 Å². The van der Waals surface area contributed by atoms with Crippen LogP contribution in [0.5, 0.6) is 11.5 Å². The summed E-state index contributed by atoms with van der Waals surface area (Å²) in [6.07, 6.45) is 1.38. The van der Waals surface area contributed by atoms with Gasteiger partial charge in [-0.2, -0.15) is 10.2 Å². The SMILES string of the molecule is COc1cc(/C=N/NC(=O)c2cc(C)[nH]n2)cc(Cl)c1O. The van der Waals surface area contributed by atoms with Crippen LogP contribution in [0.1, 0.15) is 21.7 Å². The zero-order chi connectivity index (χ0) is 15.4. The molecular formula is C13H13ClN4O3. The van der Waals surface area contributed by atoms with E-state index in [1.165, 1.54) is 25.5 Å². The number of halogens is 1. The van der Waals surface area contributed by atoms with E-state index in [0.717, 1.165) is 5.69 Å². The summed E-state index contributed by atoms with van der Waals surface area (Å²) in [5, 5.41) is 20.0. The number of ether oxygens (including phenoxy) is 1. The summed E-state index contributed by atoms with van der Waals surface area (Å²) in [4.78, 5) is 11.7. The molecule has 0 bridgehead atoms. The Morgan fingerprint density at radius 1 is 1.52 bits per heavy atom. The summed E-state index contributed by atoms with van der Waals surface area (Å²) in [6, 6.07) is 4.63. The second-order valence-corrected chi connectivity index (χ2v) is 4.60. The fraction of sp³-hybridized carbons (Fsp3) is 0.154. The molecule has 8 heteroatoms. The Bertz CT molecular complexity index is 697. The summed E-state index contributed by atoms with van der Waals surface area (Å²) < 4.78 is 4.97. The van der Waals surface area contributed by atoms with E-state index in [2.05, 4.69) is 20.7 Å². The number of hydrogen-bond acceptors (Lipinski definition) is 5. The Morgan fingerprint density at radius 3 is 2.90 bits per heavy atom. The summed E-state index contributed by atoms with van der Waals surface area (Å²) >= 11 is 5.84. The fourth-order valence-electron chi connectivity index (χ4n) is 1.58. The van der Waals surface area contributed by atoms with Gasteiger partial charge in [-0.15, -0.1) is 0 Å². The lowest BCUT2D eigenvalue weighted by Crippen LogP contribution is -2.18. The maximum Gasteiger partial charge on any atom is 0.291 e. The van der Waals surface area contributed by atoms with Crippen molar-refractivity contribution >= 4 is 23.7 Å². The summed E-state index contributed by atoms with van der Waals surface area (Å²) in [7, 11) is 1.41. The van der Waals surface area contributed by atoms with Gasteiger partial charge in [0.2, 0.25) is 0 Å². The number of aromatic nitrogens is 2. The standard InChI is InChI=1S/C13H13ClN4O3/c1-7-3-10(17-16-7)13(20)18-15-6-8-4-9(14)12(19)11(5-8)21-2/h3-6,19H,1-2H3,(H,16,17)(H,18,20)/b15-6+. The van der Waals surface area contributed by atoms with E-state index in [4.69, 9.17) is 16.3 Å². The number of methoxy groups -OCH3 is 1. The molecule has 0 spiro atoms. The van der Waals surface area contributed by atoms with Gasteiger partial charge in [0.1, 0.15) is 0 Å². The van der Waals surface area contributed by atoms with Gasteiger partial charge < -0.3 is 9.84 Å². The second kappa shape index (κ2) is 6.27. The molecule has 7 nitrogen and oxygen atoms in total. The number of nitrogens with zero attached hydrogens (tertiary/aromatic N) is 2. The van der Waals surface area contributed by atoms with E-state index in [1.807, 2.05) is 0 Å². The van der Waals surface area contributed by atoms with Crippen LogP contribution in [-0.4, -0.2) is 34.5 Å². The zero-order valence-electron chi connectivity index (χ0n) is 11.3. The number of carbonyl (C=O) groups is 1. The summed E-state index contributed by atoms with van der Waals surface area (Å²) in [5.74, 6) is -0.363. The van der Waals surface area contributed by atoms with Crippen LogP contribution in [0, 0.1) is 6.92 Å². The summed E-state index contributed by atoms with van der Waals surface area (Å²) in [6.45, 7) is 1.79. The average Bonchev–Trinajstić information content (AvgIpc) is 2.89. The largest absolute Gasteiger partial charge is 0.503 e. The van der Waals surface area contributed by atoms with Crippen LogP contribution in [-0.2, 0) is 0 Å². The average molecular weight is 309 g/mol. The molecule has 0 aliphatic carbocycles. The molecule has 1 aromatic heterocycles. The van der Waals surface area contributed by atoms with Crippen molar-refractivity contribution in [2.75, 3.05) is 7.11 Å². The van der Waals surface area contributed by atoms with Crippen molar-refractivity contribution in [1.29, 1.82) is 0 Å². The number of aryl methyl sites for hydroxylation is 1. The Balaban J connectivity index is 2.08. The van der Waals surface area contributed by atoms with Crippen LogP contribution < -0.4 is 10.2 Å². The molecular weight excluding hydrogens is 296 g/mol. The van der Waals surface area contributed by atoms with Gasteiger partial charge in [-0.05, 0) is 30.7 Å². The van der Waals surface area contributed by atoms with Crippen molar-refractivity contribution in [2.45, 2.75) is 6.92 Å². The molecule has 0 saturated carbocycles. The van der Waals surface area contributed by atoms with Gasteiger partial charge in [0, 0.05) is 5.69 Å². The lowest BCUT2D eigenvalue weighted by molar-refractivity contribution is 0.0950. The molecule has 2 rings (SSSR count). The first kappa shape index (κ1) is 14.9. The van der Waals surface area contributed by atoms with Crippen LogP contribution in [0.2, 0.25) is 5.02 Å². The van der Waals surface area contributed by atoms with E-state index < -0.39 is 5.91 Å². The number of amides is 1. The van der Waals surface area contributed by atoms with Crippen molar-refractivity contribution in [3.63, 3.8) is 0 Å². The van der Waals surface area contributed by atoms with Gasteiger partial charge in [0.05, 0.1) is 18.3 Å². The molecule has 0 fully saturated rings. The lowest BCUT2D eigenvalue weighted by atomic mass is 10.2. The lowest BCUT2D eigenvalue weighted by Gasteiger charge is -2.05. The molecule has 2 aromatic rings. The number of H-pyrrole nitrogens is 1. The maximum atomic E-state index is 11.7. The van der Waals surface area contributed by atoms with Crippen LogP contribution >= 0.6 is 11.6 Å². The van der Waals surface area contributed by atoms with Crippen molar-refractivity contribution in [2.24, 2.45) is 5.10 Å². The highest BCUT2D eigenvalue weighted by atomic mass is 35.5. The van der Waals surface area contributed by atoms with E-state index in [0.29, 0.717) is 5.56 Å². The van der Waals surface area contributed by atoms with Gasteiger partial charge in [-0.1, -0.05) is 11.6 Å². The molecule has 0 radical (unpaired) electrons. The molecule has 0 aliphatic rings. The van der Waals surface area contributed by atoms with Gasteiger partial charge >= 0.3 is 0 Å². The Morgan fingerprint density at radius 2 is 2.29 bits per heavy atom. The monoisotopic (exact) mass is 308 g/mol. The second-order valence-electron chi connectivity index (χ2n) is 4.19. The van der Waals surface area contributed by atoms with Gasteiger partial charge in [-0.3, -0.25) is 9.89 Å². The highest BCUT2D eigenvalue weighted by molar-refractivity contribution is 6.32.